The maximum absolute atomic E-state index is 4.33. The molecule has 1 aliphatic rings. The average Bonchev–Trinajstić information content (AvgIpc) is 2.48. The molecule has 1 saturated heterocycles. The SMILES string of the molecule is CCC(C)N1CCN(c2ccc(CNC)nn2)CC1. The maximum Gasteiger partial charge on any atom is 0.151 e. The summed E-state index contributed by atoms with van der Waals surface area (Å²) in [7, 11) is 1.92. The van der Waals surface area contributed by atoms with Gasteiger partial charge in [0.2, 0.25) is 0 Å². The van der Waals surface area contributed by atoms with Gasteiger partial charge in [-0.25, -0.2) is 0 Å². The molecule has 0 bridgehead atoms. The van der Waals surface area contributed by atoms with Crippen LogP contribution in [0.2, 0.25) is 0 Å². The molecular weight excluding hydrogens is 238 g/mol. The van der Waals surface area contributed by atoms with Gasteiger partial charge in [-0.05, 0) is 32.5 Å². The molecule has 1 fully saturated rings. The molecule has 2 heterocycles. The van der Waals surface area contributed by atoms with Crippen molar-refractivity contribution in [1.29, 1.82) is 0 Å². The fourth-order valence-electron chi connectivity index (χ4n) is 2.45. The van der Waals surface area contributed by atoms with Crippen LogP contribution in [0.1, 0.15) is 26.0 Å². The van der Waals surface area contributed by atoms with E-state index in [-0.39, 0.29) is 0 Å². The van der Waals surface area contributed by atoms with Gasteiger partial charge in [0.1, 0.15) is 0 Å². The number of piperazine rings is 1. The fraction of sp³-hybridized carbons (Fsp3) is 0.714. The molecule has 0 spiro atoms. The minimum atomic E-state index is 0.686. The van der Waals surface area contributed by atoms with E-state index in [2.05, 4.69) is 51.3 Å². The zero-order valence-corrected chi connectivity index (χ0v) is 12.3. The van der Waals surface area contributed by atoms with Crippen LogP contribution in [0.3, 0.4) is 0 Å². The highest BCUT2D eigenvalue weighted by molar-refractivity contribution is 5.37. The predicted octanol–water partition coefficient (Wildman–Crippen LogP) is 1.12. The first-order valence-corrected chi connectivity index (χ1v) is 7.20. The van der Waals surface area contributed by atoms with Crippen molar-refractivity contribution in [2.75, 3.05) is 38.1 Å². The Hall–Kier alpha value is -1.20. The molecule has 1 aromatic heterocycles. The third-order valence-corrected chi connectivity index (χ3v) is 3.92. The highest BCUT2D eigenvalue weighted by Gasteiger charge is 2.20. The summed E-state index contributed by atoms with van der Waals surface area (Å²) >= 11 is 0. The summed E-state index contributed by atoms with van der Waals surface area (Å²) in [5.41, 5.74) is 0.990. The van der Waals surface area contributed by atoms with E-state index in [1.54, 1.807) is 0 Å². The number of hydrogen-bond donors (Lipinski definition) is 1. The molecule has 5 heteroatoms. The Balaban J connectivity index is 1.90. The largest absolute Gasteiger partial charge is 0.353 e. The summed E-state index contributed by atoms with van der Waals surface area (Å²) in [6, 6.07) is 4.82. The predicted molar refractivity (Wildman–Crippen MR) is 78.3 cm³/mol. The summed E-state index contributed by atoms with van der Waals surface area (Å²) < 4.78 is 0. The Kier molecular flexibility index (Phi) is 5.10. The third kappa shape index (κ3) is 3.64. The topological polar surface area (TPSA) is 44.3 Å². The summed E-state index contributed by atoms with van der Waals surface area (Å²) in [4.78, 5) is 4.88. The number of anilines is 1. The Morgan fingerprint density at radius 1 is 1.21 bits per heavy atom. The molecule has 19 heavy (non-hydrogen) atoms. The molecule has 0 radical (unpaired) electrons. The van der Waals surface area contributed by atoms with Crippen molar-refractivity contribution in [3.05, 3.63) is 17.8 Å². The molecule has 2 rings (SSSR count). The van der Waals surface area contributed by atoms with Gasteiger partial charge in [-0.1, -0.05) is 6.92 Å². The first kappa shape index (κ1) is 14.2. The Labute approximate surface area is 116 Å². The molecule has 106 valence electrons. The molecule has 1 aliphatic heterocycles. The fourth-order valence-corrected chi connectivity index (χ4v) is 2.45. The van der Waals surface area contributed by atoms with Crippen molar-refractivity contribution in [3.8, 4) is 0 Å². The Morgan fingerprint density at radius 2 is 1.95 bits per heavy atom. The van der Waals surface area contributed by atoms with Gasteiger partial charge < -0.3 is 10.2 Å². The molecule has 0 aliphatic carbocycles. The molecule has 1 N–H and O–H groups in total. The smallest absolute Gasteiger partial charge is 0.151 e. The molecular formula is C14H25N5. The third-order valence-electron chi connectivity index (χ3n) is 3.92. The molecule has 0 saturated carbocycles. The van der Waals surface area contributed by atoms with E-state index in [9.17, 15) is 0 Å². The minimum Gasteiger partial charge on any atom is -0.353 e. The first-order chi connectivity index (χ1) is 9.24. The zero-order valence-electron chi connectivity index (χ0n) is 12.3. The van der Waals surface area contributed by atoms with Crippen LogP contribution in [0.15, 0.2) is 12.1 Å². The van der Waals surface area contributed by atoms with E-state index in [1.807, 2.05) is 7.05 Å². The number of nitrogens with zero attached hydrogens (tertiary/aromatic N) is 4. The minimum absolute atomic E-state index is 0.686. The zero-order chi connectivity index (χ0) is 13.7. The lowest BCUT2D eigenvalue weighted by Gasteiger charge is -2.38. The monoisotopic (exact) mass is 263 g/mol. The van der Waals surface area contributed by atoms with Crippen LogP contribution in [-0.2, 0) is 6.54 Å². The van der Waals surface area contributed by atoms with E-state index in [1.165, 1.54) is 6.42 Å². The van der Waals surface area contributed by atoms with E-state index >= 15 is 0 Å². The van der Waals surface area contributed by atoms with Gasteiger partial charge in [-0.15, -0.1) is 5.10 Å². The van der Waals surface area contributed by atoms with Gasteiger partial charge in [0, 0.05) is 38.8 Å². The van der Waals surface area contributed by atoms with Crippen LogP contribution in [0.25, 0.3) is 0 Å². The molecule has 0 amide bonds. The number of aromatic nitrogens is 2. The lowest BCUT2D eigenvalue weighted by molar-refractivity contribution is 0.192. The highest BCUT2D eigenvalue weighted by Crippen LogP contribution is 2.15. The van der Waals surface area contributed by atoms with Gasteiger partial charge in [0.05, 0.1) is 5.69 Å². The van der Waals surface area contributed by atoms with Crippen molar-refractivity contribution >= 4 is 5.82 Å². The second-order valence-corrected chi connectivity index (χ2v) is 5.19. The van der Waals surface area contributed by atoms with Crippen molar-refractivity contribution in [3.63, 3.8) is 0 Å². The summed E-state index contributed by atoms with van der Waals surface area (Å²) in [6.07, 6.45) is 1.22. The van der Waals surface area contributed by atoms with Gasteiger partial charge in [-0.2, -0.15) is 5.10 Å². The van der Waals surface area contributed by atoms with E-state index in [4.69, 9.17) is 0 Å². The first-order valence-electron chi connectivity index (χ1n) is 7.20. The molecule has 0 aromatic carbocycles. The number of rotatable bonds is 5. The molecule has 1 atom stereocenters. The van der Waals surface area contributed by atoms with Crippen LogP contribution in [0.4, 0.5) is 5.82 Å². The lowest BCUT2D eigenvalue weighted by Crippen LogP contribution is -2.49. The van der Waals surface area contributed by atoms with E-state index < -0.39 is 0 Å². The summed E-state index contributed by atoms with van der Waals surface area (Å²) in [5, 5.41) is 11.7. The Morgan fingerprint density at radius 3 is 2.47 bits per heavy atom. The van der Waals surface area contributed by atoms with Crippen LogP contribution in [0, 0.1) is 0 Å². The van der Waals surface area contributed by atoms with Crippen LogP contribution < -0.4 is 10.2 Å². The van der Waals surface area contributed by atoms with Crippen molar-refractivity contribution in [2.24, 2.45) is 0 Å². The quantitative estimate of drug-likeness (QED) is 0.862. The summed E-state index contributed by atoms with van der Waals surface area (Å²) in [5.74, 6) is 1.00. The van der Waals surface area contributed by atoms with E-state index in [0.29, 0.717) is 6.04 Å². The van der Waals surface area contributed by atoms with Crippen molar-refractivity contribution < 1.29 is 0 Å². The van der Waals surface area contributed by atoms with Crippen molar-refractivity contribution in [2.45, 2.75) is 32.9 Å². The average molecular weight is 263 g/mol. The second-order valence-electron chi connectivity index (χ2n) is 5.19. The second kappa shape index (κ2) is 6.82. The molecule has 5 nitrogen and oxygen atoms in total. The van der Waals surface area contributed by atoms with Crippen molar-refractivity contribution in [1.82, 2.24) is 20.4 Å². The summed E-state index contributed by atoms with van der Waals surface area (Å²) in [6.45, 7) is 9.67. The van der Waals surface area contributed by atoms with Gasteiger partial charge in [0.15, 0.2) is 5.82 Å². The highest BCUT2D eigenvalue weighted by atomic mass is 15.3. The van der Waals surface area contributed by atoms with Crippen LogP contribution >= 0.6 is 0 Å². The Bertz CT molecular complexity index is 370. The van der Waals surface area contributed by atoms with Gasteiger partial charge >= 0.3 is 0 Å². The lowest BCUT2D eigenvalue weighted by atomic mass is 10.2. The van der Waals surface area contributed by atoms with Gasteiger partial charge in [-0.3, -0.25) is 4.90 Å². The molecule has 1 aromatic rings. The van der Waals surface area contributed by atoms with Gasteiger partial charge in [0.25, 0.3) is 0 Å². The number of nitrogens with one attached hydrogen (secondary N) is 1. The normalized spacial score (nSPS) is 18.6. The van der Waals surface area contributed by atoms with Crippen LogP contribution in [0.5, 0.6) is 0 Å². The number of hydrogen-bond acceptors (Lipinski definition) is 5. The van der Waals surface area contributed by atoms with Crippen LogP contribution in [-0.4, -0.2) is 54.4 Å². The van der Waals surface area contributed by atoms with E-state index in [0.717, 1.165) is 44.2 Å². The molecule has 1 unspecified atom stereocenters. The standard InChI is InChI=1S/C14H25N5/c1-4-12(2)18-7-9-19(10-8-18)14-6-5-13(11-15-3)16-17-14/h5-6,12,15H,4,7-11H2,1-3H3. The maximum atomic E-state index is 4.33.